The maximum absolute atomic E-state index is 4.22. The van der Waals surface area contributed by atoms with Gasteiger partial charge >= 0.3 is 0 Å². The van der Waals surface area contributed by atoms with E-state index in [2.05, 4.69) is 67.8 Å². The maximum atomic E-state index is 4.22. The lowest BCUT2D eigenvalue weighted by atomic mass is 10.1. The molecule has 0 aliphatic heterocycles. The monoisotopic (exact) mass is 309 g/mol. The number of nitrogens with zero attached hydrogens (tertiary/aromatic N) is 3. The molecular formula is C17H15N3OS. The van der Waals surface area contributed by atoms with Crippen LogP contribution in [0.5, 0.6) is 0 Å². The molecule has 4 nitrogen and oxygen atoms in total. The lowest BCUT2D eigenvalue weighted by molar-refractivity contribution is 0.393. The predicted octanol–water partition coefficient (Wildman–Crippen LogP) is 4.57. The van der Waals surface area contributed by atoms with Gasteiger partial charge in [0, 0.05) is 16.8 Å². The lowest BCUT2D eigenvalue weighted by Gasteiger charge is -1.98. The molecule has 0 aliphatic rings. The Hall–Kier alpha value is -2.79. The third-order valence-electron chi connectivity index (χ3n) is 2.51. The standard InChI is InChI=1S/C12H10.C3H3NS.C2H2N2O/c1-3-7-11(8-4-1)12-9-5-2-6-10-12;1-2-4-5-3-1;1-2-5-4-3-1/h1-10H;1-3H;1-2H. The van der Waals surface area contributed by atoms with Crippen molar-refractivity contribution in [2.75, 3.05) is 0 Å². The summed E-state index contributed by atoms with van der Waals surface area (Å²) in [7, 11) is 0. The predicted molar refractivity (Wildman–Crippen MR) is 88.3 cm³/mol. The Labute approximate surface area is 133 Å². The molecule has 0 unspecified atom stereocenters. The van der Waals surface area contributed by atoms with Crippen LogP contribution in [0, 0.1) is 0 Å². The minimum Gasteiger partial charge on any atom is -0.346 e. The van der Waals surface area contributed by atoms with Gasteiger partial charge in [-0.2, -0.15) is 0 Å². The fourth-order valence-corrected chi connectivity index (χ4v) is 1.92. The van der Waals surface area contributed by atoms with Gasteiger partial charge in [0.2, 0.25) is 0 Å². The number of rotatable bonds is 1. The van der Waals surface area contributed by atoms with Crippen molar-refractivity contribution in [3.8, 4) is 11.1 Å². The molecule has 2 heterocycles. The van der Waals surface area contributed by atoms with E-state index in [1.54, 1.807) is 6.20 Å². The molecule has 4 rings (SSSR count). The molecule has 0 fully saturated rings. The molecule has 5 heteroatoms. The average Bonchev–Trinajstić information content (AvgIpc) is 3.34. The molecule has 0 atom stereocenters. The highest BCUT2D eigenvalue weighted by Crippen LogP contribution is 2.17. The molecule has 0 aliphatic carbocycles. The largest absolute Gasteiger partial charge is 0.346 e. The van der Waals surface area contributed by atoms with E-state index in [1.807, 2.05) is 23.6 Å². The average molecular weight is 309 g/mol. The van der Waals surface area contributed by atoms with Crippen LogP contribution in [0.3, 0.4) is 0 Å². The van der Waals surface area contributed by atoms with Crippen molar-refractivity contribution in [1.29, 1.82) is 0 Å². The Balaban J connectivity index is 0.000000145. The second-order valence-electron chi connectivity index (χ2n) is 4.01. The summed E-state index contributed by atoms with van der Waals surface area (Å²) >= 11 is 1.46. The van der Waals surface area contributed by atoms with Crippen molar-refractivity contribution in [3.63, 3.8) is 0 Å². The van der Waals surface area contributed by atoms with Gasteiger partial charge in [-0.3, -0.25) is 0 Å². The lowest BCUT2D eigenvalue weighted by Crippen LogP contribution is -1.73. The second kappa shape index (κ2) is 10.0. The first-order valence-electron chi connectivity index (χ1n) is 6.62. The summed E-state index contributed by atoms with van der Waals surface area (Å²) in [6, 6.07) is 22.7. The molecule has 0 spiro atoms. The third kappa shape index (κ3) is 6.11. The van der Waals surface area contributed by atoms with Gasteiger partial charge in [-0.1, -0.05) is 60.7 Å². The fraction of sp³-hybridized carbons (Fsp3) is 0. The van der Waals surface area contributed by atoms with Crippen LogP contribution in [0.25, 0.3) is 11.1 Å². The smallest absolute Gasteiger partial charge is 0.144 e. The van der Waals surface area contributed by atoms with Crippen molar-refractivity contribution < 1.29 is 4.52 Å². The number of hydrogen-bond acceptors (Lipinski definition) is 5. The van der Waals surface area contributed by atoms with Gasteiger partial charge in [0.05, 0.1) is 6.20 Å². The number of benzene rings is 2. The van der Waals surface area contributed by atoms with E-state index in [1.165, 1.54) is 35.1 Å². The first-order chi connectivity index (χ1) is 11.0. The normalized spacial score (nSPS) is 8.91. The van der Waals surface area contributed by atoms with Crippen LogP contribution in [0.4, 0.5) is 0 Å². The van der Waals surface area contributed by atoms with Crippen molar-refractivity contribution in [2.24, 2.45) is 0 Å². The van der Waals surface area contributed by atoms with Crippen LogP contribution in [0.1, 0.15) is 0 Å². The summed E-state index contributed by atoms with van der Waals surface area (Å²) in [5, 5.41) is 8.33. The molecule has 0 N–H and O–H groups in total. The minimum absolute atomic E-state index is 1.28. The van der Waals surface area contributed by atoms with Crippen LogP contribution >= 0.6 is 11.5 Å². The number of aromatic nitrogens is 3. The van der Waals surface area contributed by atoms with E-state index in [-0.39, 0.29) is 0 Å². The van der Waals surface area contributed by atoms with E-state index in [4.69, 9.17) is 0 Å². The molecule has 0 saturated carbocycles. The first kappa shape index (κ1) is 15.6. The highest BCUT2D eigenvalue weighted by Gasteiger charge is 1.91. The molecule has 0 amide bonds. The van der Waals surface area contributed by atoms with Gasteiger partial charge in [-0.25, -0.2) is 4.37 Å². The zero-order valence-corrected chi connectivity index (χ0v) is 12.6. The molecule has 2 aromatic heterocycles. The zero-order chi connectivity index (χ0) is 15.3. The Bertz CT molecular complexity index is 585. The summed E-state index contributed by atoms with van der Waals surface area (Å²) in [6.45, 7) is 0. The van der Waals surface area contributed by atoms with Gasteiger partial charge < -0.3 is 4.52 Å². The molecule has 0 saturated heterocycles. The minimum atomic E-state index is 1.28. The van der Waals surface area contributed by atoms with Crippen LogP contribution in [-0.4, -0.2) is 14.7 Å². The Morgan fingerprint density at radius 2 is 1.36 bits per heavy atom. The van der Waals surface area contributed by atoms with Crippen LogP contribution in [0.15, 0.2) is 95.3 Å². The quantitative estimate of drug-likeness (QED) is 0.517. The van der Waals surface area contributed by atoms with Gasteiger partial charge in [-0.15, -0.1) is 5.10 Å². The first-order valence-corrected chi connectivity index (χ1v) is 7.46. The molecule has 22 heavy (non-hydrogen) atoms. The second-order valence-corrected chi connectivity index (χ2v) is 4.70. The molecule has 2 aromatic carbocycles. The van der Waals surface area contributed by atoms with Crippen LogP contribution in [0.2, 0.25) is 0 Å². The maximum Gasteiger partial charge on any atom is 0.144 e. The van der Waals surface area contributed by atoms with Crippen molar-refractivity contribution >= 4 is 11.5 Å². The van der Waals surface area contributed by atoms with Crippen LogP contribution < -0.4 is 0 Å². The van der Waals surface area contributed by atoms with Gasteiger partial charge in [0.1, 0.15) is 6.26 Å². The topological polar surface area (TPSA) is 51.8 Å². The fourth-order valence-electron chi connectivity index (χ4n) is 1.57. The van der Waals surface area contributed by atoms with E-state index in [9.17, 15) is 0 Å². The van der Waals surface area contributed by atoms with Gasteiger partial charge in [0.15, 0.2) is 0 Å². The van der Waals surface area contributed by atoms with E-state index in [0.717, 1.165) is 0 Å². The molecular weight excluding hydrogens is 294 g/mol. The van der Waals surface area contributed by atoms with Crippen molar-refractivity contribution in [1.82, 2.24) is 14.7 Å². The van der Waals surface area contributed by atoms with Crippen LogP contribution in [-0.2, 0) is 0 Å². The third-order valence-corrected chi connectivity index (χ3v) is 3.03. The molecule has 0 radical (unpaired) electrons. The summed E-state index contributed by atoms with van der Waals surface area (Å²) < 4.78 is 7.99. The Morgan fingerprint density at radius 3 is 1.64 bits per heavy atom. The summed E-state index contributed by atoms with van der Waals surface area (Å²) in [6.07, 6.45) is 4.64. The van der Waals surface area contributed by atoms with E-state index < -0.39 is 0 Å². The highest BCUT2D eigenvalue weighted by atomic mass is 32.1. The summed E-state index contributed by atoms with van der Waals surface area (Å²) in [5.74, 6) is 0. The van der Waals surface area contributed by atoms with E-state index in [0.29, 0.717) is 0 Å². The highest BCUT2D eigenvalue weighted by molar-refractivity contribution is 7.03. The Morgan fingerprint density at radius 1 is 0.727 bits per heavy atom. The van der Waals surface area contributed by atoms with E-state index >= 15 is 0 Å². The zero-order valence-electron chi connectivity index (χ0n) is 11.8. The molecule has 110 valence electrons. The Kier molecular flexibility index (Phi) is 7.10. The summed E-state index contributed by atoms with van der Waals surface area (Å²) in [5.41, 5.74) is 2.55. The summed E-state index contributed by atoms with van der Waals surface area (Å²) in [4.78, 5) is 0. The SMILES string of the molecule is c1ccc(-c2ccccc2)cc1.c1cnsc1.c1conn1. The number of hydrogen-bond donors (Lipinski definition) is 0. The van der Waals surface area contributed by atoms with Crippen molar-refractivity contribution in [2.45, 2.75) is 0 Å². The van der Waals surface area contributed by atoms with Crippen molar-refractivity contribution in [3.05, 3.63) is 90.8 Å². The van der Waals surface area contributed by atoms with Gasteiger partial charge in [0.25, 0.3) is 0 Å². The molecule has 4 aromatic rings. The molecule has 0 bridgehead atoms. The van der Waals surface area contributed by atoms with Gasteiger partial charge in [-0.05, 0) is 28.7 Å².